The van der Waals surface area contributed by atoms with Crippen molar-refractivity contribution in [1.82, 2.24) is 10.2 Å². The van der Waals surface area contributed by atoms with Gasteiger partial charge in [0.2, 0.25) is 0 Å². The Labute approximate surface area is 110 Å². The quantitative estimate of drug-likeness (QED) is 0.687. The molecule has 1 aromatic heterocycles. The summed E-state index contributed by atoms with van der Waals surface area (Å²) >= 11 is 1.65. The number of hydrogen-bond donors (Lipinski definition) is 0. The molecule has 0 saturated heterocycles. The monoisotopic (exact) mass is 252 g/mol. The first-order chi connectivity index (χ1) is 8.84. The van der Waals surface area contributed by atoms with Gasteiger partial charge in [0.15, 0.2) is 0 Å². The molecule has 0 aliphatic carbocycles. The van der Waals surface area contributed by atoms with Gasteiger partial charge in [0.25, 0.3) is 0 Å². The highest BCUT2D eigenvalue weighted by Crippen LogP contribution is 2.31. The number of aromatic nitrogens is 2. The van der Waals surface area contributed by atoms with Crippen molar-refractivity contribution in [3.63, 3.8) is 0 Å². The molecular weight excluding hydrogens is 240 g/mol. The molecule has 3 heteroatoms. The van der Waals surface area contributed by atoms with Crippen LogP contribution in [0.4, 0.5) is 0 Å². The molecule has 2 aromatic carbocycles. The highest BCUT2D eigenvalue weighted by atomic mass is 32.2. The summed E-state index contributed by atoms with van der Waals surface area (Å²) in [6.45, 7) is 1.99. The third-order valence-corrected chi connectivity index (χ3v) is 3.80. The summed E-state index contributed by atoms with van der Waals surface area (Å²) < 4.78 is 0. The fourth-order valence-electron chi connectivity index (χ4n) is 1.89. The topological polar surface area (TPSA) is 25.8 Å². The molecular formula is C15H12N2S. The van der Waals surface area contributed by atoms with Crippen molar-refractivity contribution < 1.29 is 0 Å². The predicted octanol–water partition coefficient (Wildman–Crippen LogP) is 4.09. The maximum atomic E-state index is 4.31. The Morgan fingerprint density at radius 2 is 1.44 bits per heavy atom. The van der Waals surface area contributed by atoms with E-state index < -0.39 is 0 Å². The average molecular weight is 252 g/mol. The number of rotatable bonds is 2. The normalized spacial score (nSPS) is 10.7. The van der Waals surface area contributed by atoms with Crippen LogP contribution in [0.3, 0.4) is 0 Å². The molecule has 0 fully saturated rings. The first kappa shape index (κ1) is 11.2. The van der Waals surface area contributed by atoms with E-state index in [2.05, 4.69) is 34.5 Å². The van der Waals surface area contributed by atoms with E-state index in [0.717, 1.165) is 10.7 Å². The van der Waals surface area contributed by atoms with Gasteiger partial charge in [0, 0.05) is 15.7 Å². The van der Waals surface area contributed by atoms with Crippen LogP contribution in [0.2, 0.25) is 0 Å². The summed E-state index contributed by atoms with van der Waals surface area (Å²) in [5.74, 6) is 0. The van der Waals surface area contributed by atoms with Gasteiger partial charge >= 0.3 is 0 Å². The van der Waals surface area contributed by atoms with Crippen LogP contribution >= 0.6 is 11.8 Å². The van der Waals surface area contributed by atoms with Gasteiger partial charge in [-0.1, -0.05) is 54.2 Å². The Morgan fingerprint density at radius 3 is 2.22 bits per heavy atom. The van der Waals surface area contributed by atoms with Crippen LogP contribution in [0.25, 0.3) is 10.8 Å². The Hall–Kier alpha value is -1.87. The van der Waals surface area contributed by atoms with E-state index in [1.54, 1.807) is 11.8 Å². The van der Waals surface area contributed by atoms with E-state index in [1.165, 1.54) is 15.7 Å². The van der Waals surface area contributed by atoms with Gasteiger partial charge in [-0.25, -0.2) is 0 Å². The van der Waals surface area contributed by atoms with Crippen molar-refractivity contribution in [2.45, 2.75) is 16.8 Å². The fraction of sp³-hybridized carbons (Fsp3) is 0.0667. The zero-order chi connectivity index (χ0) is 12.4. The first-order valence-electron chi connectivity index (χ1n) is 5.79. The van der Waals surface area contributed by atoms with Crippen molar-refractivity contribution >= 4 is 22.5 Å². The summed E-state index contributed by atoms with van der Waals surface area (Å²) in [6, 6.07) is 18.5. The zero-order valence-electron chi connectivity index (χ0n) is 10.00. The van der Waals surface area contributed by atoms with E-state index in [9.17, 15) is 0 Å². The number of benzene rings is 2. The molecule has 1 heterocycles. The van der Waals surface area contributed by atoms with E-state index in [0.29, 0.717) is 0 Å². The van der Waals surface area contributed by atoms with Gasteiger partial charge in [-0.15, -0.1) is 5.10 Å². The van der Waals surface area contributed by atoms with Gasteiger partial charge in [-0.2, -0.15) is 5.10 Å². The molecule has 0 radical (unpaired) electrons. The van der Waals surface area contributed by atoms with Crippen molar-refractivity contribution in [2.24, 2.45) is 0 Å². The third kappa shape index (κ3) is 2.09. The molecule has 0 N–H and O–H groups in total. The molecule has 0 saturated carbocycles. The molecule has 0 aliphatic rings. The van der Waals surface area contributed by atoms with Gasteiger partial charge in [0.1, 0.15) is 5.03 Å². The number of fused-ring (bicyclic) bond motifs is 1. The molecule has 18 heavy (non-hydrogen) atoms. The second kappa shape index (κ2) is 4.78. The SMILES string of the molecule is Cc1nnc(Sc2ccccc2)c2ccccc12. The van der Waals surface area contributed by atoms with Crippen molar-refractivity contribution in [1.29, 1.82) is 0 Å². The third-order valence-electron chi connectivity index (χ3n) is 2.80. The summed E-state index contributed by atoms with van der Waals surface area (Å²) in [5, 5.41) is 11.8. The molecule has 88 valence electrons. The van der Waals surface area contributed by atoms with Gasteiger partial charge in [0.05, 0.1) is 5.69 Å². The Bertz CT molecular complexity index is 680. The van der Waals surface area contributed by atoms with Gasteiger partial charge in [-0.05, 0) is 19.1 Å². The summed E-state index contributed by atoms with van der Waals surface area (Å²) in [5.41, 5.74) is 0.975. The smallest absolute Gasteiger partial charge is 0.131 e. The molecule has 2 nitrogen and oxygen atoms in total. The number of aryl methyl sites for hydroxylation is 1. The molecule has 3 rings (SSSR count). The van der Waals surface area contributed by atoms with Crippen molar-refractivity contribution in [3.05, 3.63) is 60.3 Å². The lowest BCUT2D eigenvalue weighted by molar-refractivity contribution is 0.923. The maximum Gasteiger partial charge on any atom is 0.131 e. The average Bonchev–Trinajstić information content (AvgIpc) is 2.44. The Morgan fingerprint density at radius 1 is 0.778 bits per heavy atom. The Balaban J connectivity index is 2.10. The molecule has 0 unspecified atom stereocenters. The lowest BCUT2D eigenvalue weighted by Crippen LogP contribution is -1.92. The molecule has 0 spiro atoms. The van der Waals surface area contributed by atoms with Crippen LogP contribution in [0.15, 0.2) is 64.5 Å². The molecule has 3 aromatic rings. The van der Waals surface area contributed by atoms with Crippen LogP contribution in [0.5, 0.6) is 0 Å². The lowest BCUT2D eigenvalue weighted by atomic mass is 10.1. The molecule has 0 aliphatic heterocycles. The van der Waals surface area contributed by atoms with E-state index in [1.807, 2.05) is 37.3 Å². The van der Waals surface area contributed by atoms with Crippen molar-refractivity contribution in [2.75, 3.05) is 0 Å². The van der Waals surface area contributed by atoms with Crippen LogP contribution in [-0.2, 0) is 0 Å². The summed E-state index contributed by atoms with van der Waals surface area (Å²) in [4.78, 5) is 1.18. The standard InChI is InChI=1S/C15H12N2S/c1-11-13-9-5-6-10-14(13)15(17-16-11)18-12-7-3-2-4-8-12/h2-10H,1H3. The van der Waals surface area contributed by atoms with E-state index in [-0.39, 0.29) is 0 Å². The van der Waals surface area contributed by atoms with Crippen LogP contribution < -0.4 is 0 Å². The molecule has 0 bridgehead atoms. The molecule has 0 amide bonds. The largest absolute Gasteiger partial charge is 0.154 e. The zero-order valence-corrected chi connectivity index (χ0v) is 10.8. The van der Waals surface area contributed by atoms with Gasteiger partial charge < -0.3 is 0 Å². The minimum atomic E-state index is 0.961. The van der Waals surface area contributed by atoms with Crippen molar-refractivity contribution in [3.8, 4) is 0 Å². The van der Waals surface area contributed by atoms with E-state index >= 15 is 0 Å². The number of nitrogens with zero attached hydrogens (tertiary/aromatic N) is 2. The predicted molar refractivity (Wildman–Crippen MR) is 74.8 cm³/mol. The fourth-order valence-corrected chi connectivity index (χ4v) is 2.77. The molecule has 0 atom stereocenters. The first-order valence-corrected chi connectivity index (χ1v) is 6.61. The summed E-state index contributed by atoms with van der Waals surface area (Å²) in [7, 11) is 0. The highest BCUT2D eigenvalue weighted by Gasteiger charge is 2.07. The number of hydrogen-bond acceptors (Lipinski definition) is 3. The minimum Gasteiger partial charge on any atom is -0.154 e. The highest BCUT2D eigenvalue weighted by molar-refractivity contribution is 7.99. The van der Waals surface area contributed by atoms with Crippen LogP contribution in [0.1, 0.15) is 5.69 Å². The van der Waals surface area contributed by atoms with Crippen LogP contribution in [-0.4, -0.2) is 10.2 Å². The minimum absolute atomic E-state index is 0.961. The second-order valence-corrected chi connectivity index (χ2v) is 5.11. The van der Waals surface area contributed by atoms with Crippen LogP contribution in [0, 0.1) is 6.92 Å². The second-order valence-electron chi connectivity index (χ2n) is 4.05. The summed E-state index contributed by atoms with van der Waals surface area (Å²) in [6.07, 6.45) is 0. The van der Waals surface area contributed by atoms with E-state index in [4.69, 9.17) is 0 Å². The van der Waals surface area contributed by atoms with Gasteiger partial charge in [-0.3, -0.25) is 0 Å². The maximum absolute atomic E-state index is 4.31. The lowest BCUT2D eigenvalue weighted by Gasteiger charge is -2.06. The Kier molecular flexibility index (Phi) is 2.99.